The molecule has 0 aliphatic rings. The zero-order chi connectivity index (χ0) is 19.7. The molecule has 3 rings (SSSR count). The zero-order valence-corrected chi connectivity index (χ0v) is 17.3. The highest BCUT2D eigenvalue weighted by Gasteiger charge is 2.29. The summed E-state index contributed by atoms with van der Waals surface area (Å²) >= 11 is 3.40. The van der Waals surface area contributed by atoms with Gasteiger partial charge < -0.3 is 4.42 Å². The van der Waals surface area contributed by atoms with Crippen molar-refractivity contribution in [1.29, 1.82) is 0 Å². The maximum Gasteiger partial charge on any atom is 0.265 e. The summed E-state index contributed by atoms with van der Waals surface area (Å²) in [4.78, 5) is 25.8. The second-order valence-electron chi connectivity index (χ2n) is 6.21. The molecule has 0 atom stereocenters. The molecular weight excluding hydrogens is 410 g/mol. The summed E-state index contributed by atoms with van der Waals surface area (Å²) in [6.07, 6.45) is 0.887. The number of hydrogen-bond donors (Lipinski definition) is 0. The number of halogens is 1. The predicted octanol–water partition coefficient (Wildman–Crippen LogP) is 4.76. The van der Waals surface area contributed by atoms with E-state index < -0.39 is 0 Å². The standard InChI is InChI=1S/C20H20BrN3O3/c1-5-15-22-23-20(27-15)18-11(3)17(12(4)24(18)16(25)6-2)19(26)13-8-7-9-14(21)10-13/h7-10H,5-6H2,1-4H3. The fourth-order valence-electron chi connectivity index (χ4n) is 3.16. The lowest BCUT2D eigenvalue weighted by Crippen LogP contribution is -2.13. The molecule has 2 aromatic heterocycles. The molecule has 0 unspecified atom stereocenters. The van der Waals surface area contributed by atoms with Crippen LogP contribution in [0.4, 0.5) is 0 Å². The first-order valence-corrected chi connectivity index (χ1v) is 9.56. The highest BCUT2D eigenvalue weighted by atomic mass is 79.9. The van der Waals surface area contributed by atoms with Gasteiger partial charge >= 0.3 is 0 Å². The van der Waals surface area contributed by atoms with Crippen molar-refractivity contribution in [2.45, 2.75) is 40.5 Å². The van der Waals surface area contributed by atoms with Crippen molar-refractivity contribution < 1.29 is 14.0 Å². The number of rotatable bonds is 5. The molecule has 0 radical (unpaired) electrons. The van der Waals surface area contributed by atoms with Crippen LogP contribution in [0.2, 0.25) is 0 Å². The smallest absolute Gasteiger partial charge is 0.265 e. The van der Waals surface area contributed by atoms with Crippen molar-refractivity contribution in [2.75, 3.05) is 0 Å². The van der Waals surface area contributed by atoms with Crippen molar-refractivity contribution >= 4 is 27.6 Å². The van der Waals surface area contributed by atoms with Gasteiger partial charge in [-0.3, -0.25) is 14.2 Å². The highest BCUT2D eigenvalue weighted by Crippen LogP contribution is 2.32. The minimum Gasteiger partial charge on any atom is -0.419 e. The topological polar surface area (TPSA) is 78.0 Å². The largest absolute Gasteiger partial charge is 0.419 e. The van der Waals surface area contributed by atoms with E-state index in [4.69, 9.17) is 4.42 Å². The summed E-state index contributed by atoms with van der Waals surface area (Å²) in [5, 5.41) is 8.09. The van der Waals surface area contributed by atoms with Crippen LogP contribution in [-0.4, -0.2) is 26.5 Å². The lowest BCUT2D eigenvalue weighted by Gasteiger charge is -2.07. The summed E-state index contributed by atoms with van der Waals surface area (Å²) in [6, 6.07) is 7.19. The van der Waals surface area contributed by atoms with Crippen LogP contribution in [0, 0.1) is 13.8 Å². The molecule has 1 aromatic carbocycles. The summed E-state index contributed by atoms with van der Waals surface area (Å²) in [5.74, 6) is 0.460. The SMILES string of the molecule is CCC(=O)n1c(C)c(C(=O)c2cccc(Br)c2)c(C)c1-c1nnc(CC)o1. The number of carbonyl (C=O) groups excluding carboxylic acids is 2. The fourth-order valence-corrected chi connectivity index (χ4v) is 3.56. The van der Waals surface area contributed by atoms with E-state index in [2.05, 4.69) is 26.1 Å². The number of benzene rings is 1. The van der Waals surface area contributed by atoms with Crippen LogP contribution in [-0.2, 0) is 6.42 Å². The molecular formula is C20H20BrN3O3. The molecule has 2 heterocycles. The molecule has 0 amide bonds. The lowest BCUT2D eigenvalue weighted by atomic mass is 10.00. The van der Waals surface area contributed by atoms with E-state index in [1.54, 1.807) is 26.0 Å². The first-order chi connectivity index (χ1) is 12.9. The number of ketones is 1. The Morgan fingerprint density at radius 2 is 1.93 bits per heavy atom. The first kappa shape index (κ1) is 19.2. The van der Waals surface area contributed by atoms with Crippen LogP contribution in [0.25, 0.3) is 11.6 Å². The van der Waals surface area contributed by atoms with E-state index in [0.717, 1.165) is 4.47 Å². The fraction of sp³-hybridized carbons (Fsp3) is 0.300. The third-order valence-corrected chi connectivity index (χ3v) is 4.98. The van der Waals surface area contributed by atoms with Gasteiger partial charge in [-0.25, -0.2) is 0 Å². The van der Waals surface area contributed by atoms with Gasteiger partial charge in [0.2, 0.25) is 11.8 Å². The number of aryl methyl sites for hydroxylation is 1. The van der Waals surface area contributed by atoms with Crippen LogP contribution < -0.4 is 0 Å². The van der Waals surface area contributed by atoms with Crippen LogP contribution in [0.5, 0.6) is 0 Å². The third-order valence-electron chi connectivity index (χ3n) is 4.49. The van der Waals surface area contributed by atoms with Crippen LogP contribution in [0.15, 0.2) is 33.2 Å². The maximum absolute atomic E-state index is 13.2. The van der Waals surface area contributed by atoms with Gasteiger partial charge in [0, 0.05) is 34.1 Å². The lowest BCUT2D eigenvalue weighted by molar-refractivity contribution is 0.0908. The van der Waals surface area contributed by atoms with E-state index in [-0.39, 0.29) is 17.6 Å². The summed E-state index contributed by atoms with van der Waals surface area (Å²) < 4.78 is 8.03. The van der Waals surface area contributed by atoms with Gasteiger partial charge in [-0.1, -0.05) is 41.9 Å². The van der Waals surface area contributed by atoms with E-state index in [1.807, 2.05) is 26.0 Å². The quantitative estimate of drug-likeness (QED) is 0.546. The summed E-state index contributed by atoms with van der Waals surface area (Å²) in [6.45, 7) is 7.27. The monoisotopic (exact) mass is 429 g/mol. The normalized spacial score (nSPS) is 11.0. The molecule has 0 fully saturated rings. The Morgan fingerprint density at radius 3 is 2.52 bits per heavy atom. The Hall–Kier alpha value is -2.54. The summed E-state index contributed by atoms with van der Waals surface area (Å²) in [7, 11) is 0. The first-order valence-electron chi connectivity index (χ1n) is 8.77. The Bertz CT molecular complexity index is 1030. The Balaban J connectivity index is 2.24. The molecule has 27 heavy (non-hydrogen) atoms. The van der Waals surface area contributed by atoms with Crippen molar-refractivity contribution in [2.24, 2.45) is 0 Å². The van der Waals surface area contributed by atoms with Gasteiger partial charge in [-0.2, -0.15) is 0 Å². The van der Waals surface area contributed by atoms with Crippen molar-refractivity contribution in [3.63, 3.8) is 0 Å². The number of hydrogen-bond acceptors (Lipinski definition) is 5. The maximum atomic E-state index is 13.2. The van der Waals surface area contributed by atoms with Crippen LogP contribution in [0.3, 0.4) is 0 Å². The highest BCUT2D eigenvalue weighted by molar-refractivity contribution is 9.10. The molecule has 0 bridgehead atoms. The van der Waals surface area contributed by atoms with E-state index >= 15 is 0 Å². The Morgan fingerprint density at radius 1 is 1.19 bits per heavy atom. The number of aromatic nitrogens is 3. The van der Waals surface area contributed by atoms with E-state index in [0.29, 0.717) is 46.8 Å². The summed E-state index contributed by atoms with van der Waals surface area (Å²) in [5.41, 5.74) is 2.76. The van der Waals surface area contributed by atoms with Crippen LogP contribution in [0.1, 0.15) is 58.1 Å². The van der Waals surface area contributed by atoms with Crippen molar-refractivity contribution in [1.82, 2.24) is 14.8 Å². The molecule has 140 valence electrons. The minimum atomic E-state index is -0.148. The van der Waals surface area contributed by atoms with Gasteiger partial charge in [0.15, 0.2) is 5.78 Å². The van der Waals surface area contributed by atoms with Gasteiger partial charge in [-0.15, -0.1) is 10.2 Å². The molecule has 0 aliphatic heterocycles. The van der Waals surface area contributed by atoms with E-state index in [9.17, 15) is 9.59 Å². The van der Waals surface area contributed by atoms with Crippen LogP contribution >= 0.6 is 15.9 Å². The molecule has 0 saturated heterocycles. The third kappa shape index (κ3) is 3.39. The Labute approximate surface area is 165 Å². The molecule has 7 heteroatoms. The molecule has 3 aromatic rings. The molecule has 0 spiro atoms. The zero-order valence-electron chi connectivity index (χ0n) is 15.7. The second-order valence-corrected chi connectivity index (χ2v) is 7.13. The van der Waals surface area contributed by atoms with Crippen molar-refractivity contribution in [3.8, 4) is 11.6 Å². The number of nitrogens with zero attached hydrogens (tertiary/aromatic N) is 3. The van der Waals surface area contributed by atoms with Gasteiger partial charge in [0.05, 0.1) is 0 Å². The molecule has 0 aliphatic carbocycles. The molecule has 6 nitrogen and oxygen atoms in total. The molecule has 0 saturated carbocycles. The molecule has 0 N–H and O–H groups in total. The average molecular weight is 430 g/mol. The predicted molar refractivity (Wildman–Crippen MR) is 105 cm³/mol. The van der Waals surface area contributed by atoms with Gasteiger partial charge in [0.1, 0.15) is 5.69 Å². The van der Waals surface area contributed by atoms with Crippen molar-refractivity contribution in [3.05, 3.63) is 57.0 Å². The van der Waals surface area contributed by atoms with E-state index in [1.165, 1.54) is 4.57 Å². The van der Waals surface area contributed by atoms with Gasteiger partial charge in [-0.05, 0) is 31.5 Å². The minimum absolute atomic E-state index is 0.129. The Kier molecular flexibility index (Phi) is 5.41. The average Bonchev–Trinajstić information content (AvgIpc) is 3.22. The van der Waals surface area contributed by atoms with Gasteiger partial charge in [0.25, 0.3) is 5.89 Å². The second kappa shape index (κ2) is 7.60. The number of carbonyl (C=O) groups is 2.